The molecule has 0 aromatic carbocycles. The number of ether oxygens (including phenoxy) is 1. The predicted octanol–water partition coefficient (Wildman–Crippen LogP) is 2.56. The van der Waals surface area contributed by atoms with Crippen molar-refractivity contribution in [1.29, 1.82) is 0 Å². The Morgan fingerprint density at radius 1 is 1.18 bits per heavy atom. The highest BCUT2D eigenvalue weighted by Crippen LogP contribution is 2.01. The molecule has 0 unspecified atom stereocenters. The maximum Gasteiger partial charge on any atom is 0.191 e. The van der Waals surface area contributed by atoms with Crippen LogP contribution >= 0.6 is 24.0 Å². The zero-order valence-electron chi connectivity index (χ0n) is 15.2. The number of aliphatic imine (C=N–C) groups is 1. The van der Waals surface area contributed by atoms with Gasteiger partial charge in [-0.3, -0.25) is 4.99 Å². The second-order valence-corrected chi connectivity index (χ2v) is 5.87. The molecule has 0 saturated heterocycles. The summed E-state index contributed by atoms with van der Waals surface area (Å²) < 4.78 is 5.07. The Balaban J connectivity index is 0. The van der Waals surface area contributed by atoms with Crippen LogP contribution < -0.4 is 10.6 Å². The number of rotatable bonds is 12. The van der Waals surface area contributed by atoms with Crippen LogP contribution in [0, 0.1) is 5.92 Å². The maximum atomic E-state index is 5.07. The molecular formula is C16H37IN4O. The summed E-state index contributed by atoms with van der Waals surface area (Å²) in [6.07, 6.45) is 3.53. The molecule has 6 heteroatoms. The molecular weight excluding hydrogens is 391 g/mol. The summed E-state index contributed by atoms with van der Waals surface area (Å²) in [5.41, 5.74) is 0. The van der Waals surface area contributed by atoms with Gasteiger partial charge in [0.05, 0.1) is 6.61 Å². The molecule has 0 radical (unpaired) electrons. The minimum atomic E-state index is 0. The zero-order valence-corrected chi connectivity index (χ0v) is 17.5. The number of likely N-dealkylation sites (N-methyl/N-ethyl adjacent to an activating group) is 1. The van der Waals surface area contributed by atoms with Gasteiger partial charge >= 0.3 is 0 Å². The lowest BCUT2D eigenvalue weighted by molar-refractivity contribution is 0.161. The lowest BCUT2D eigenvalue weighted by atomic mass is 10.1. The van der Waals surface area contributed by atoms with Crippen LogP contribution in [0.1, 0.15) is 40.0 Å². The molecule has 0 heterocycles. The number of methoxy groups -OCH3 is 1. The maximum absolute atomic E-state index is 5.07. The summed E-state index contributed by atoms with van der Waals surface area (Å²) in [5.74, 6) is 1.72. The quantitative estimate of drug-likeness (QED) is 0.217. The molecule has 0 aromatic rings. The molecule has 0 saturated carbocycles. The van der Waals surface area contributed by atoms with Crippen molar-refractivity contribution in [3.8, 4) is 0 Å². The first kappa shape index (κ1) is 24.2. The molecule has 0 aliphatic rings. The third-order valence-corrected chi connectivity index (χ3v) is 3.24. The molecule has 5 nitrogen and oxygen atoms in total. The fourth-order valence-electron chi connectivity index (χ4n) is 1.95. The van der Waals surface area contributed by atoms with Crippen molar-refractivity contribution in [3.63, 3.8) is 0 Å². The molecule has 0 atom stereocenters. The number of nitrogens with zero attached hydrogens (tertiary/aromatic N) is 2. The Morgan fingerprint density at radius 3 is 2.50 bits per heavy atom. The average Bonchev–Trinajstić information content (AvgIpc) is 2.45. The Kier molecular flexibility index (Phi) is 19.0. The average molecular weight is 428 g/mol. The first-order valence-corrected chi connectivity index (χ1v) is 8.29. The van der Waals surface area contributed by atoms with Gasteiger partial charge in [0.2, 0.25) is 0 Å². The van der Waals surface area contributed by atoms with E-state index >= 15 is 0 Å². The Morgan fingerprint density at radius 2 is 1.91 bits per heavy atom. The van der Waals surface area contributed by atoms with Crippen molar-refractivity contribution in [2.75, 3.05) is 53.5 Å². The van der Waals surface area contributed by atoms with E-state index in [2.05, 4.69) is 48.3 Å². The second kappa shape index (κ2) is 17.3. The molecule has 0 bridgehead atoms. The number of guanidine groups is 1. The van der Waals surface area contributed by atoms with Crippen LogP contribution in [0.15, 0.2) is 4.99 Å². The van der Waals surface area contributed by atoms with Gasteiger partial charge in [0.15, 0.2) is 5.96 Å². The van der Waals surface area contributed by atoms with E-state index < -0.39 is 0 Å². The molecule has 0 amide bonds. The highest BCUT2D eigenvalue weighted by Gasteiger charge is 1.99. The van der Waals surface area contributed by atoms with Crippen LogP contribution in [0.2, 0.25) is 0 Å². The van der Waals surface area contributed by atoms with Crippen LogP contribution in [0.25, 0.3) is 0 Å². The third kappa shape index (κ3) is 16.3. The van der Waals surface area contributed by atoms with Gasteiger partial charge in [0.25, 0.3) is 0 Å². The van der Waals surface area contributed by atoms with E-state index in [1.54, 1.807) is 7.11 Å². The number of halogens is 1. The van der Waals surface area contributed by atoms with Gasteiger partial charge in [-0.2, -0.15) is 0 Å². The summed E-state index contributed by atoms with van der Waals surface area (Å²) >= 11 is 0. The lowest BCUT2D eigenvalue weighted by Crippen LogP contribution is -2.38. The number of hydrogen-bond donors (Lipinski definition) is 2. The fourth-order valence-corrected chi connectivity index (χ4v) is 1.95. The van der Waals surface area contributed by atoms with E-state index in [0.29, 0.717) is 0 Å². The summed E-state index contributed by atoms with van der Waals surface area (Å²) in [5, 5.41) is 6.70. The summed E-state index contributed by atoms with van der Waals surface area (Å²) in [6.45, 7) is 12.2. The van der Waals surface area contributed by atoms with E-state index in [1.165, 1.54) is 12.8 Å². The predicted molar refractivity (Wildman–Crippen MR) is 107 cm³/mol. The van der Waals surface area contributed by atoms with E-state index in [-0.39, 0.29) is 24.0 Å². The van der Waals surface area contributed by atoms with Crippen LogP contribution in [0.5, 0.6) is 0 Å². The van der Waals surface area contributed by atoms with Gasteiger partial charge < -0.3 is 20.3 Å². The largest absolute Gasteiger partial charge is 0.383 e. The van der Waals surface area contributed by atoms with Crippen LogP contribution in [-0.2, 0) is 4.74 Å². The summed E-state index contributed by atoms with van der Waals surface area (Å²) in [7, 11) is 3.86. The van der Waals surface area contributed by atoms with E-state index in [0.717, 1.165) is 57.6 Å². The molecule has 22 heavy (non-hydrogen) atoms. The third-order valence-electron chi connectivity index (χ3n) is 3.24. The van der Waals surface area contributed by atoms with Crippen molar-refractivity contribution in [2.45, 2.75) is 40.0 Å². The molecule has 134 valence electrons. The van der Waals surface area contributed by atoms with E-state index in [1.807, 2.05) is 0 Å². The zero-order chi connectivity index (χ0) is 15.9. The Bertz CT molecular complexity index is 263. The molecule has 0 aliphatic heterocycles. The normalized spacial score (nSPS) is 11.7. The number of nitrogens with one attached hydrogen (secondary N) is 2. The summed E-state index contributed by atoms with van der Waals surface area (Å²) in [4.78, 5) is 6.90. The molecule has 2 N–H and O–H groups in total. The molecule has 0 aliphatic carbocycles. The summed E-state index contributed by atoms with van der Waals surface area (Å²) in [6, 6.07) is 0. The van der Waals surface area contributed by atoms with Crippen LogP contribution in [-0.4, -0.2) is 64.3 Å². The Labute approximate surface area is 154 Å². The monoisotopic (exact) mass is 428 g/mol. The van der Waals surface area contributed by atoms with Gasteiger partial charge in [-0.1, -0.05) is 13.8 Å². The van der Waals surface area contributed by atoms with E-state index in [9.17, 15) is 0 Å². The van der Waals surface area contributed by atoms with Crippen molar-refractivity contribution >= 4 is 29.9 Å². The van der Waals surface area contributed by atoms with Gasteiger partial charge in [-0.25, -0.2) is 0 Å². The van der Waals surface area contributed by atoms with Gasteiger partial charge in [0, 0.05) is 33.3 Å². The van der Waals surface area contributed by atoms with Crippen LogP contribution in [0.4, 0.5) is 0 Å². The smallest absolute Gasteiger partial charge is 0.191 e. The highest BCUT2D eigenvalue weighted by atomic mass is 127. The van der Waals surface area contributed by atoms with Gasteiger partial charge in [0.1, 0.15) is 0 Å². The van der Waals surface area contributed by atoms with Crippen molar-refractivity contribution < 1.29 is 4.74 Å². The first-order valence-electron chi connectivity index (χ1n) is 8.29. The van der Waals surface area contributed by atoms with Crippen molar-refractivity contribution in [1.82, 2.24) is 15.5 Å². The van der Waals surface area contributed by atoms with Gasteiger partial charge in [-0.15, -0.1) is 24.0 Å². The molecule has 0 spiro atoms. The first-order chi connectivity index (χ1) is 10.1. The fraction of sp³-hybridized carbons (Fsp3) is 0.938. The standard InChI is InChI=1S/C16H36N4O.HI/c1-6-17-16(18-10-7-9-15(2)3)19-11-8-12-20(4)13-14-21-5;/h15H,6-14H2,1-5H3,(H2,17,18,19);1H. The second-order valence-electron chi connectivity index (χ2n) is 5.87. The van der Waals surface area contributed by atoms with Crippen LogP contribution in [0.3, 0.4) is 0 Å². The van der Waals surface area contributed by atoms with Gasteiger partial charge in [-0.05, 0) is 45.7 Å². The van der Waals surface area contributed by atoms with Crippen molar-refractivity contribution in [3.05, 3.63) is 0 Å². The number of hydrogen-bond acceptors (Lipinski definition) is 3. The molecule has 0 fully saturated rings. The SMILES string of the molecule is CCNC(=NCCCN(C)CCOC)NCCCC(C)C.I. The van der Waals surface area contributed by atoms with Crippen molar-refractivity contribution in [2.24, 2.45) is 10.9 Å². The highest BCUT2D eigenvalue weighted by molar-refractivity contribution is 14.0. The minimum absolute atomic E-state index is 0. The molecule has 0 rings (SSSR count). The minimum Gasteiger partial charge on any atom is -0.383 e. The Hall–Kier alpha value is -0.0800. The lowest BCUT2D eigenvalue weighted by Gasteiger charge is -2.15. The molecule has 0 aromatic heterocycles. The van der Waals surface area contributed by atoms with E-state index in [4.69, 9.17) is 4.74 Å². The topological polar surface area (TPSA) is 48.9 Å².